The largest absolute Gasteiger partial charge is 0.374 e. The number of hydrogen-bond donors (Lipinski definition) is 1. The fourth-order valence-corrected chi connectivity index (χ4v) is 1.16. The maximum Gasteiger partial charge on any atom is 0.0802 e. The van der Waals surface area contributed by atoms with Crippen molar-refractivity contribution in [3.63, 3.8) is 0 Å². The SMILES string of the molecule is C[C@@H](N)C1(C)CCCO1. The van der Waals surface area contributed by atoms with Gasteiger partial charge in [-0.05, 0) is 26.7 Å². The van der Waals surface area contributed by atoms with Crippen molar-refractivity contribution >= 4 is 0 Å². The van der Waals surface area contributed by atoms with Crippen molar-refractivity contribution in [2.75, 3.05) is 6.61 Å². The Balaban J connectivity index is 2.51. The summed E-state index contributed by atoms with van der Waals surface area (Å²) in [5.41, 5.74) is 5.68. The summed E-state index contributed by atoms with van der Waals surface area (Å²) < 4.78 is 5.48. The van der Waals surface area contributed by atoms with E-state index in [9.17, 15) is 0 Å². The van der Waals surface area contributed by atoms with Gasteiger partial charge in [0, 0.05) is 12.6 Å². The molecule has 1 saturated heterocycles. The second kappa shape index (κ2) is 2.27. The van der Waals surface area contributed by atoms with Crippen molar-refractivity contribution in [3.05, 3.63) is 0 Å². The molecule has 1 unspecified atom stereocenters. The van der Waals surface area contributed by atoms with Crippen LogP contribution in [0.1, 0.15) is 26.7 Å². The van der Waals surface area contributed by atoms with E-state index in [1.54, 1.807) is 0 Å². The summed E-state index contributed by atoms with van der Waals surface area (Å²) in [6.07, 6.45) is 2.28. The summed E-state index contributed by atoms with van der Waals surface area (Å²) in [6.45, 7) is 4.98. The standard InChI is InChI=1S/C7H15NO/c1-6(8)7(2)4-3-5-9-7/h6H,3-5,8H2,1-2H3/t6-,7?/m1/s1. The lowest BCUT2D eigenvalue weighted by molar-refractivity contribution is 0.00360. The molecule has 0 aromatic heterocycles. The highest BCUT2D eigenvalue weighted by Gasteiger charge is 2.33. The van der Waals surface area contributed by atoms with Crippen LogP contribution in [0, 0.1) is 0 Å². The molecule has 0 aromatic carbocycles. The van der Waals surface area contributed by atoms with Gasteiger partial charge in [0.25, 0.3) is 0 Å². The zero-order valence-corrected chi connectivity index (χ0v) is 6.18. The third-order valence-electron chi connectivity index (χ3n) is 2.21. The second-order valence-corrected chi connectivity index (χ2v) is 3.05. The Morgan fingerprint density at radius 1 is 1.67 bits per heavy atom. The summed E-state index contributed by atoms with van der Waals surface area (Å²) in [5.74, 6) is 0. The van der Waals surface area contributed by atoms with E-state index >= 15 is 0 Å². The molecule has 1 rings (SSSR count). The molecule has 0 spiro atoms. The predicted octanol–water partition coefficient (Wildman–Crippen LogP) is 0.903. The first kappa shape index (κ1) is 7.03. The molecule has 1 heterocycles. The lowest BCUT2D eigenvalue weighted by Crippen LogP contribution is -2.42. The van der Waals surface area contributed by atoms with Gasteiger partial charge in [-0.25, -0.2) is 0 Å². The highest BCUT2D eigenvalue weighted by Crippen LogP contribution is 2.26. The zero-order chi connectivity index (χ0) is 6.91. The van der Waals surface area contributed by atoms with Crippen LogP contribution in [0.3, 0.4) is 0 Å². The van der Waals surface area contributed by atoms with Crippen LogP contribution in [-0.4, -0.2) is 18.2 Å². The molecule has 0 aliphatic carbocycles. The van der Waals surface area contributed by atoms with E-state index in [1.807, 2.05) is 6.92 Å². The van der Waals surface area contributed by atoms with Crippen LogP contribution in [0.25, 0.3) is 0 Å². The van der Waals surface area contributed by atoms with E-state index in [2.05, 4.69) is 6.92 Å². The molecule has 2 N–H and O–H groups in total. The van der Waals surface area contributed by atoms with Crippen molar-refractivity contribution in [3.8, 4) is 0 Å². The molecule has 0 amide bonds. The van der Waals surface area contributed by atoms with E-state index in [-0.39, 0.29) is 11.6 Å². The Labute approximate surface area is 56.4 Å². The number of ether oxygens (including phenoxy) is 1. The molecule has 0 saturated carbocycles. The average Bonchev–Trinajstić information content (AvgIpc) is 2.16. The highest BCUT2D eigenvalue weighted by molar-refractivity contribution is 4.87. The van der Waals surface area contributed by atoms with Crippen molar-refractivity contribution in [2.24, 2.45) is 5.73 Å². The molecule has 2 heteroatoms. The van der Waals surface area contributed by atoms with Crippen LogP contribution >= 0.6 is 0 Å². The van der Waals surface area contributed by atoms with Gasteiger partial charge < -0.3 is 10.5 Å². The smallest absolute Gasteiger partial charge is 0.0802 e. The fourth-order valence-electron chi connectivity index (χ4n) is 1.16. The van der Waals surface area contributed by atoms with E-state index < -0.39 is 0 Å². The van der Waals surface area contributed by atoms with Crippen molar-refractivity contribution in [2.45, 2.75) is 38.3 Å². The minimum absolute atomic E-state index is 0.0278. The van der Waals surface area contributed by atoms with Gasteiger partial charge in [0.1, 0.15) is 0 Å². The van der Waals surface area contributed by atoms with Crippen LogP contribution in [0.15, 0.2) is 0 Å². The van der Waals surface area contributed by atoms with E-state index in [1.165, 1.54) is 0 Å². The first-order chi connectivity index (χ1) is 4.15. The summed E-state index contributed by atoms with van der Waals surface area (Å²) >= 11 is 0. The van der Waals surface area contributed by atoms with Gasteiger partial charge in [0.05, 0.1) is 5.60 Å². The van der Waals surface area contributed by atoms with Crippen molar-refractivity contribution in [1.82, 2.24) is 0 Å². The van der Waals surface area contributed by atoms with Gasteiger partial charge in [-0.15, -0.1) is 0 Å². The van der Waals surface area contributed by atoms with Crippen LogP contribution in [0.2, 0.25) is 0 Å². The lowest BCUT2D eigenvalue weighted by Gasteiger charge is -2.27. The maximum atomic E-state index is 5.71. The van der Waals surface area contributed by atoms with Crippen LogP contribution in [0.4, 0.5) is 0 Å². The van der Waals surface area contributed by atoms with Crippen LogP contribution < -0.4 is 5.73 Å². The van der Waals surface area contributed by atoms with Gasteiger partial charge in [-0.1, -0.05) is 0 Å². The molecule has 0 aromatic rings. The second-order valence-electron chi connectivity index (χ2n) is 3.05. The quantitative estimate of drug-likeness (QED) is 0.571. The summed E-state index contributed by atoms with van der Waals surface area (Å²) in [5, 5.41) is 0. The Hall–Kier alpha value is -0.0800. The van der Waals surface area contributed by atoms with Gasteiger partial charge in [0.2, 0.25) is 0 Å². The molecule has 2 atom stereocenters. The Morgan fingerprint density at radius 2 is 2.33 bits per heavy atom. The molecule has 1 aliphatic heterocycles. The normalized spacial score (nSPS) is 39.0. The molecular formula is C7H15NO. The third kappa shape index (κ3) is 1.25. The summed E-state index contributed by atoms with van der Waals surface area (Å²) in [6, 6.07) is 0.167. The molecule has 2 nitrogen and oxygen atoms in total. The number of rotatable bonds is 1. The Kier molecular flexibility index (Phi) is 1.78. The average molecular weight is 129 g/mol. The monoisotopic (exact) mass is 129 g/mol. The van der Waals surface area contributed by atoms with Gasteiger partial charge >= 0.3 is 0 Å². The lowest BCUT2D eigenvalue weighted by atomic mass is 9.95. The van der Waals surface area contributed by atoms with E-state index in [0.29, 0.717) is 0 Å². The molecule has 54 valence electrons. The van der Waals surface area contributed by atoms with Crippen LogP contribution in [0.5, 0.6) is 0 Å². The summed E-state index contributed by atoms with van der Waals surface area (Å²) in [7, 11) is 0. The maximum absolute atomic E-state index is 5.71. The summed E-state index contributed by atoms with van der Waals surface area (Å²) in [4.78, 5) is 0. The van der Waals surface area contributed by atoms with E-state index in [0.717, 1.165) is 19.4 Å². The predicted molar refractivity (Wildman–Crippen MR) is 37.2 cm³/mol. The molecule has 1 fully saturated rings. The van der Waals surface area contributed by atoms with Crippen molar-refractivity contribution in [1.29, 1.82) is 0 Å². The van der Waals surface area contributed by atoms with Gasteiger partial charge in [-0.2, -0.15) is 0 Å². The molecule has 1 aliphatic rings. The minimum atomic E-state index is -0.0278. The molecule has 0 bridgehead atoms. The molecular weight excluding hydrogens is 114 g/mol. The van der Waals surface area contributed by atoms with E-state index in [4.69, 9.17) is 10.5 Å². The number of hydrogen-bond acceptors (Lipinski definition) is 2. The van der Waals surface area contributed by atoms with Crippen LogP contribution in [-0.2, 0) is 4.74 Å². The topological polar surface area (TPSA) is 35.2 Å². The molecule has 9 heavy (non-hydrogen) atoms. The first-order valence-corrected chi connectivity index (χ1v) is 3.55. The first-order valence-electron chi connectivity index (χ1n) is 3.55. The minimum Gasteiger partial charge on any atom is -0.374 e. The van der Waals surface area contributed by atoms with Crippen molar-refractivity contribution < 1.29 is 4.74 Å². The Morgan fingerprint density at radius 3 is 2.56 bits per heavy atom. The van der Waals surface area contributed by atoms with Gasteiger partial charge in [0.15, 0.2) is 0 Å². The Bertz CT molecular complexity index is 95.1. The fraction of sp³-hybridized carbons (Fsp3) is 1.00. The van der Waals surface area contributed by atoms with Gasteiger partial charge in [-0.3, -0.25) is 0 Å². The third-order valence-corrected chi connectivity index (χ3v) is 2.21. The molecule has 0 radical (unpaired) electrons. The highest BCUT2D eigenvalue weighted by atomic mass is 16.5. The zero-order valence-electron chi connectivity index (χ0n) is 6.18. The number of nitrogens with two attached hydrogens (primary N) is 1.